The molecule has 0 bridgehead atoms. The molecule has 1 unspecified atom stereocenters. The molecule has 6 nitrogen and oxygen atoms in total. The van der Waals surface area contributed by atoms with E-state index in [1.54, 1.807) is 0 Å². The van der Waals surface area contributed by atoms with E-state index in [9.17, 15) is 9.59 Å². The topological polar surface area (TPSA) is 77.0 Å². The summed E-state index contributed by atoms with van der Waals surface area (Å²) in [6.07, 6.45) is 0. The van der Waals surface area contributed by atoms with Crippen molar-refractivity contribution in [3.8, 4) is 0 Å². The number of methoxy groups -OCH3 is 2. The summed E-state index contributed by atoms with van der Waals surface area (Å²) in [6.45, 7) is 0. The zero-order valence-corrected chi connectivity index (χ0v) is 13.9. The van der Waals surface area contributed by atoms with Crippen LogP contribution in [0.5, 0.6) is 0 Å². The Labute approximate surface area is 145 Å². The molecule has 2 aromatic carbocycles. The maximum atomic E-state index is 12.7. The van der Waals surface area contributed by atoms with Gasteiger partial charge in [-0.25, -0.2) is 4.79 Å². The number of hydrogen-bond donors (Lipinski definition) is 1. The molecule has 2 aromatic rings. The number of carbonyl (C=O) groups is 2. The van der Waals surface area contributed by atoms with E-state index in [1.807, 2.05) is 60.7 Å². The van der Waals surface area contributed by atoms with E-state index in [1.165, 1.54) is 14.2 Å². The predicted octanol–water partition coefficient (Wildman–Crippen LogP) is 1.85. The van der Waals surface area contributed by atoms with Crippen molar-refractivity contribution < 1.29 is 19.1 Å². The molecule has 0 radical (unpaired) electrons. The van der Waals surface area contributed by atoms with E-state index in [2.05, 4.69) is 10.5 Å². The van der Waals surface area contributed by atoms with Crippen LogP contribution >= 0.6 is 0 Å². The fourth-order valence-corrected chi connectivity index (χ4v) is 3.19. The monoisotopic (exact) mass is 338 g/mol. The molecule has 6 heteroatoms. The minimum absolute atomic E-state index is 0.0120. The van der Waals surface area contributed by atoms with Crippen LogP contribution in [0.3, 0.4) is 0 Å². The van der Waals surface area contributed by atoms with E-state index in [-0.39, 0.29) is 5.71 Å². The Morgan fingerprint density at radius 2 is 1.44 bits per heavy atom. The summed E-state index contributed by atoms with van der Waals surface area (Å²) < 4.78 is 9.80. The predicted molar refractivity (Wildman–Crippen MR) is 91.8 cm³/mol. The average Bonchev–Trinajstić information content (AvgIpc) is 3.09. The van der Waals surface area contributed by atoms with Crippen molar-refractivity contribution >= 4 is 17.7 Å². The molecule has 0 amide bonds. The standard InChI is InChI=1S/C19H18N2O4/c1-24-17(22)15-16(18(23)25-2)20-21-19(15,13-9-5-3-6-10-13)14-11-7-4-8-12-14/h3-12,15,21H,1-2H3. The number of nitrogens with zero attached hydrogens (tertiary/aromatic N) is 1. The molecule has 0 aromatic heterocycles. The van der Waals surface area contributed by atoms with Gasteiger partial charge >= 0.3 is 11.9 Å². The van der Waals surface area contributed by atoms with Gasteiger partial charge in [0.05, 0.1) is 14.2 Å². The number of hydrazone groups is 1. The third-order valence-electron chi connectivity index (χ3n) is 4.35. The first-order valence-corrected chi connectivity index (χ1v) is 7.77. The SMILES string of the molecule is COC(=O)C1=NNC(c2ccccc2)(c2ccccc2)C1C(=O)OC. The lowest BCUT2D eigenvalue weighted by Gasteiger charge is -2.34. The molecule has 0 aliphatic carbocycles. The van der Waals surface area contributed by atoms with Gasteiger partial charge in [-0.3, -0.25) is 10.2 Å². The number of benzene rings is 2. The Balaban J connectivity index is 2.24. The van der Waals surface area contributed by atoms with Crippen LogP contribution < -0.4 is 5.43 Å². The molecule has 1 atom stereocenters. The molecular weight excluding hydrogens is 320 g/mol. The maximum absolute atomic E-state index is 12.7. The number of nitrogens with one attached hydrogen (secondary N) is 1. The smallest absolute Gasteiger partial charge is 0.355 e. The maximum Gasteiger partial charge on any atom is 0.355 e. The van der Waals surface area contributed by atoms with Crippen molar-refractivity contribution in [3.05, 3.63) is 71.8 Å². The van der Waals surface area contributed by atoms with Crippen molar-refractivity contribution in [1.29, 1.82) is 0 Å². The van der Waals surface area contributed by atoms with Gasteiger partial charge in [0.15, 0.2) is 5.71 Å². The molecule has 1 heterocycles. The number of carbonyl (C=O) groups excluding carboxylic acids is 2. The summed E-state index contributed by atoms with van der Waals surface area (Å²) >= 11 is 0. The van der Waals surface area contributed by atoms with Gasteiger partial charge in [0.25, 0.3) is 0 Å². The summed E-state index contributed by atoms with van der Waals surface area (Å²) in [4.78, 5) is 24.9. The number of rotatable bonds is 4. The highest BCUT2D eigenvalue weighted by molar-refractivity contribution is 6.41. The van der Waals surface area contributed by atoms with Crippen LogP contribution in [-0.4, -0.2) is 31.9 Å². The first kappa shape index (κ1) is 16.7. The molecule has 128 valence electrons. The average molecular weight is 338 g/mol. The zero-order valence-electron chi connectivity index (χ0n) is 13.9. The van der Waals surface area contributed by atoms with Gasteiger partial charge in [-0.05, 0) is 11.1 Å². The largest absolute Gasteiger partial charge is 0.468 e. The van der Waals surface area contributed by atoms with Gasteiger partial charge < -0.3 is 9.47 Å². The Bertz CT molecular complexity index is 763. The van der Waals surface area contributed by atoms with Gasteiger partial charge in [0.1, 0.15) is 11.5 Å². The second-order valence-corrected chi connectivity index (χ2v) is 5.60. The second-order valence-electron chi connectivity index (χ2n) is 5.60. The van der Waals surface area contributed by atoms with Gasteiger partial charge in [-0.2, -0.15) is 5.10 Å². The van der Waals surface area contributed by atoms with Crippen LogP contribution in [0.1, 0.15) is 11.1 Å². The Morgan fingerprint density at radius 3 is 1.88 bits per heavy atom. The van der Waals surface area contributed by atoms with Gasteiger partial charge in [0.2, 0.25) is 0 Å². The highest BCUT2D eigenvalue weighted by atomic mass is 16.5. The number of esters is 2. The molecule has 0 saturated heterocycles. The lowest BCUT2D eigenvalue weighted by Crippen LogP contribution is -2.49. The molecule has 3 rings (SSSR count). The first-order valence-electron chi connectivity index (χ1n) is 7.77. The van der Waals surface area contributed by atoms with Crippen molar-refractivity contribution in [2.45, 2.75) is 5.54 Å². The van der Waals surface area contributed by atoms with Crippen LogP contribution in [0.25, 0.3) is 0 Å². The van der Waals surface area contributed by atoms with Crippen LogP contribution in [0, 0.1) is 5.92 Å². The normalized spacial score (nSPS) is 18.0. The Kier molecular flexibility index (Phi) is 4.52. The highest BCUT2D eigenvalue weighted by Gasteiger charge is 2.55. The van der Waals surface area contributed by atoms with E-state index in [0.717, 1.165) is 11.1 Å². The summed E-state index contributed by atoms with van der Waals surface area (Å²) in [5.41, 5.74) is 3.53. The van der Waals surface area contributed by atoms with Gasteiger partial charge in [0, 0.05) is 0 Å². The summed E-state index contributed by atoms with van der Waals surface area (Å²) in [6, 6.07) is 18.8. The van der Waals surface area contributed by atoms with Crippen LogP contribution in [0.15, 0.2) is 65.8 Å². The summed E-state index contributed by atoms with van der Waals surface area (Å²) in [5.74, 6) is -2.21. The molecule has 1 aliphatic rings. The fraction of sp³-hybridized carbons (Fsp3) is 0.211. The zero-order chi connectivity index (χ0) is 17.9. The van der Waals surface area contributed by atoms with Crippen LogP contribution in [0.4, 0.5) is 0 Å². The van der Waals surface area contributed by atoms with E-state index in [4.69, 9.17) is 9.47 Å². The van der Waals surface area contributed by atoms with E-state index < -0.39 is 23.4 Å². The molecule has 0 saturated carbocycles. The Morgan fingerprint density at radius 1 is 0.920 bits per heavy atom. The Hall–Kier alpha value is -3.15. The number of hydrogen-bond acceptors (Lipinski definition) is 6. The molecule has 1 aliphatic heterocycles. The molecule has 0 fully saturated rings. The van der Waals surface area contributed by atoms with Gasteiger partial charge in [-0.1, -0.05) is 60.7 Å². The minimum atomic E-state index is -1.06. The second kappa shape index (κ2) is 6.76. The molecule has 25 heavy (non-hydrogen) atoms. The van der Waals surface area contributed by atoms with Crippen molar-refractivity contribution in [2.24, 2.45) is 11.0 Å². The fourth-order valence-electron chi connectivity index (χ4n) is 3.19. The van der Waals surface area contributed by atoms with E-state index >= 15 is 0 Å². The van der Waals surface area contributed by atoms with Gasteiger partial charge in [-0.15, -0.1) is 0 Å². The molecule has 0 spiro atoms. The third-order valence-corrected chi connectivity index (χ3v) is 4.35. The summed E-state index contributed by atoms with van der Waals surface area (Å²) in [5, 5.41) is 4.15. The van der Waals surface area contributed by atoms with Crippen LogP contribution in [0.2, 0.25) is 0 Å². The minimum Gasteiger partial charge on any atom is -0.468 e. The van der Waals surface area contributed by atoms with Crippen molar-refractivity contribution in [2.75, 3.05) is 14.2 Å². The lowest BCUT2D eigenvalue weighted by atomic mass is 9.72. The number of ether oxygens (including phenoxy) is 2. The summed E-state index contributed by atoms with van der Waals surface area (Å²) in [7, 11) is 2.54. The molecular formula is C19H18N2O4. The third kappa shape index (κ3) is 2.65. The van der Waals surface area contributed by atoms with Crippen molar-refractivity contribution in [3.63, 3.8) is 0 Å². The molecule has 1 N–H and O–H groups in total. The first-order chi connectivity index (χ1) is 12.1. The lowest BCUT2D eigenvalue weighted by molar-refractivity contribution is -0.146. The highest BCUT2D eigenvalue weighted by Crippen LogP contribution is 2.41. The van der Waals surface area contributed by atoms with Crippen molar-refractivity contribution in [1.82, 2.24) is 5.43 Å². The van der Waals surface area contributed by atoms with Crippen LogP contribution in [-0.2, 0) is 24.6 Å². The van der Waals surface area contributed by atoms with E-state index in [0.29, 0.717) is 0 Å². The quantitative estimate of drug-likeness (QED) is 0.861.